The Bertz CT molecular complexity index is 963. The Labute approximate surface area is 162 Å². The van der Waals surface area contributed by atoms with E-state index in [1.54, 1.807) is 43.6 Å². The van der Waals surface area contributed by atoms with Gasteiger partial charge in [-0.05, 0) is 36.8 Å². The summed E-state index contributed by atoms with van der Waals surface area (Å²) in [6.07, 6.45) is 4.61. The van der Waals surface area contributed by atoms with Crippen LogP contribution >= 0.6 is 0 Å². The van der Waals surface area contributed by atoms with Crippen molar-refractivity contribution >= 4 is 23.4 Å². The average molecular weight is 377 g/mol. The minimum atomic E-state index is -0.435. The number of aromatic nitrogens is 3. The predicted octanol–water partition coefficient (Wildman–Crippen LogP) is 2.72. The molecule has 0 atom stereocenters. The molecule has 2 N–H and O–H groups in total. The first-order valence-corrected chi connectivity index (χ1v) is 8.69. The summed E-state index contributed by atoms with van der Waals surface area (Å²) >= 11 is 0. The van der Waals surface area contributed by atoms with Gasteiger partial charge in [-0.3, -0.25) is 9.78 Å². The molecule has 1 aromatic carbocycles. The maximum atomic E-state index is 12.4. The second kappa shape index (κ2) is 9.22. The van der Waals surface area contributed by atoms with Gasteiger partial charge < -0.3 is 15.4 Å². The molecule has 1 amide bonds. The lowest BCUT2D eigenvalue weighted by Gasteiger charge is -2.11. The van der Waals surface area contributed by atoms with Crippen molar-refractivity contribution in [2.45, 2.75) is 13.5 Å². The van der Waals surface area contributed by atoms with Crippen molar-refractivity contribution < 1.29 is 14.3 Å². The van der Waals surface area contributed by atoms with Gasteiger partial charge in [0.1, 0.15) is 17.8 Å². The molecule has 0 fully saturated rings. The predicted molar refractivity (Wildman–Crippen MR) is 103 cm³/mol. The lowest BCUT2D eigenvalue weighted by Crippen LogP contribution is -2.24. The third-order valence-corrected chi connectivity index (χ3v) is 3.79. The highest BCUT2D eigenvalue weighted by Crippen LogP contribution is 2.20. The summed E-state index contributed by atoms with van der Waals surface area (Å²) in [5.74, 6) is -0.378. The van der Waals surface area contributed by atoms with E-state index < -0.39 is 5.97 Å². The Morgan fingerprint density at radius 1 is 1.07 bits per heavy atom. The summed E-state index contributed by atoms with van der Waals surface area (Å²) in [7, 11) is 0. The van der Waals surface area contributed by atoms with Gasteiger partial charge in [-0.2, -0.15) is 0 Å². The van der Waals surface area contributed by atoms with Crippen LogP contribution in [0.2, 0.25) is 0 Å². The number of benzene rings is 1. The fourth-order valence-corrected chi connectivity index (χ4v) is 2.44. The summed E-state index contributed by atoms with van der Waals surface area (Å²) in [5, 5.41) is 5.83. The van der Waals surface area contributed by atoms with Crippen LogP contribution in [-0.4, -0.2) is 33.4 Å². The molecular formula is C20H19N5O3. The van der Waals surface area contributed by atoms with Crippen LogP contribution in [0.1, 0.15) is 33.3 Å². The minimum absolute atomic E-state index is 0.208. The highest BCUT2D eigenvalue weighted by atomic mass is 16.5. The summed E-state index contributed by atoms with van der Waals surface area (Å²) in [5.41, 5.74) is 2.05. The van der Waals surface area contributed by atoms with Crippen LogP contribution in [0.4, 0.5) is 11.5 Å². The SMILES string of the molecule is CCOC(=O)c1ccccc1Nc1cc(C(=O)NCc2ccncc2)ncn1. The first-order chi connectivity index (χ1) is 13.7. The molecule has 3 rings (SSSR count). The van der Waals surface area contributed by atoms with E-state index >= 15 is 0 Å². The van der Waals surface area contributed by atoms with E-state index in [1.807, 2.05) is 12.1 Å². The first kappa shape index (κ1) is 19.0. The zero-order chi connectivity index (χ0) is 19.8. The largest absolute Gasteiger partial charge is 0.462 e. The van der Waals surface area contributed by atoms with Crippen LogP contribution in [0.5, 0.6) is 0 Å². The van der Waals surface area contributed by atoms with E-state index in [0.29, 0.717) is 23.6 Å². The van der Waals surface area contributed by atoms with Crippen LogP contribution in [0, 0.1) is 0 Å². The van der Waals surface area contributed by atoms with Gasteiger partial charge in [-0.15, -0.1) is 0 Å². The van der Waals surface area contributed by atoms with Crippen molar-refractivity contribution in [3.63, 3.8) is 0 Å². The van der Waals surface area contributed by atoms with Gasteiger partial charge in [0.25, 0.3) is 5.91 Å². The van der Waals surface area contributed by atoms with Crippen molar-refractivity contribution in [1.29, 1.82) is 0 Å². The number of amides is 1. The maximum absolute atomic E-state index is 12.4. The van der Waals surface area contributed by atoms with E-state index in [4.69, 9.17) is 4.74 Å². The molecule has 3 aromatic rings. The normalized spacial score (nSPS) is 10.2. The third kappa shape index (κ3) is 4.88. The number of pyridine rings is 1. The molecule has 2 heterocycles. The Kier molecular flexibility index (Phi) is 6.25. The summed E-state index contributed by atoms with van der Waals surface area (Å²) in [6.45, 7) is 2.39. The van der Waals surface area contributed by atoms with Crippen LogP contribution in [0.15, 0.2) is 61.2 Å². The summed E-state index contributed by atoms with van der Waals surface area (Å²) in [6, 6.07) is 12.1. The Balaban J connectivity index is 1.72. The molecule has 0 saturated carbocycles. The molecule has 0 aliphatic rings. The number of hydrogen-bond donors (Lipinski definition) is 2. The lowest BCUT2D eigenvalue weighted by atomic mass is 10.2. The topological polar surface area (TPSA) is 106 Å². The molecule has 0 aliphatic carbocycles. The van der Waals surface area contributed by atoms with Crippen LogP contribution < -0.4 is 10.6 Å². The second-order valence-corrected chi connectivity index (χ2v) is 5.72. The highest BCUT2D eigenvalue weighted by molar-refractivity contribution is 5.97. The molecular weight excluding hydrogens is 358 g/mol. The minimum Gasteiger partial charge on any atom is -0.462 e. The smallest absolute Gasteiger partial charge is 0.340 e. The van der Waals surface area contributed by atoms with Gasteiger partial charge in [-0.1, -0.05) is 12.1 Å². The highest BCUT2D eigenvalue weighted by Gasteiger charge is 2.14. The molecule has 0 radical (unpaired) electrons. The van der Waals surface area contributed by atoms with Gasteiger partial charge in [0.15, 0.2) is 0 Å². The number of carbonyl (C=O) groups is 2. The van der Waals surface area contributed by atoms with Crippen molar-refractivity contribution in [3.8, 4) is 0 Å². The Hall–Kier alpha value is -3.81. The fourth-order valence-electron chi connectivity index (χ4n) is 2.44. The number of para-hydroxylation sites is 1. The molecule has 142 valence electrons. The van der Waals surface area contributed by atoms with E-state index in [-0.39, 0.29) is 18.2 Å². The number of anilines is 2. The first-order valence-electron chi connectivity index (χ1n) is 8.69. The van der Waals surface area contributed by atoms with Crippen molar-refractivity contribution in [2.75, 3.05) is 11.9 Å². The van der Waals surface area contributed by atoms with Crippen LogP contribution in [-0.2, 0) is 11.3 Å². The maximum Gasteiger partial charge on any atom is 0.340 e. The van der Waals surface area contributed by atoms with Crippen LogP contribution in [0.3, 0.4) is 0 Å². The lowest BCUT2D eigenvalue weighted by molar-refractivity contribution is 0.0527. The molecule has 0 saturated heterocycles. The van der Waals surface area contributed by atoms with Gasteiger partial charge in [0.05, 0.1) is 17.9 Å². The third-order valence-electron chi connectivity index (χ3n) is 3.79. The summed E-state index contributed by atoms with van der Waals surface area (Å²) < 4.78 is 5.06. The Morgan fingerprint density at radius 3 is 2.64 bits per heavy atom. The molecule has 2 aromatic heterocycles. The standard InChI is InChI=1S/C20H19N5O3/c1-2-28-20(27)15-5-3-4-6-16(15)25-18-11-17(23-13-24-18)19(26)22-12-14-7-9-21-10-8-14/h3-11,13H,2,12H2,1H3,(H,22,26)(H,23,24,25). The molecule has 0 spiro atoms. The van der Waals surface area contributed by atoms with Gasteiger partial charge in [0.2, 0.25) is 0 Å². The molecule has 0 unspecified atom stereocenters. The molecule has 8 nitrogen and oxygen atoms in total. The molecule has 0 bridgehead atoms. The van der Waals surface area contributed by atoms with E-state index in [9.17, 15) is 9.59 Å². The van der Waals surface area contributed by atoms with E-state index in [1.165, 1.54) is 12.4 Å². The van der Waals surface area contributed by atoms with Gasteiger partial charge >= 0.3 is 5.97 Å². The number of nitrogens with zero attached hydrogens (tertiary/aromatic N) is 3. The number of rotatable bonds is 7. The monoisotopic (exact) mass is 377 g/mol. The molecule has 0 aliphatic heterocycles. The van der Waals surface area contributed by atoms with E-state index in [2.05, 4.69) is 25.6 Å². The zero-order valence-electron chi connectivity index (χ0n) is 15.3. The van der Waals surface area contributed by atoms with Crippen molar-refractivity contribution in [2.24, 2.45) is 0 Å². The number of carbonyl (C=O) groups excluding carboxylic acids is 2. The zero-order valence-corrected chi connectivity index (χ0v) is 15.3. The van der Waals surface area contributed by atoms with Crippen molar-refractivity contribution in [1.82, 2.24) is 20.3 Å². The second-order valence-electron chi connectivity index (χ2n) is 5.72. The quantitative estimate of drug-likeness (QED) is 0.610. The van der Waals surface area contributed by atoms with Crippen LogP contribution in [0.25, 0.3) is 0 Å². The number of hydrogen-bond acceptors (Lipinski definition) is 7. The van der Waals surface area contributed by atoms with Gasteiger partial charge in [0, 0.05) is 25.0 Å². The fraction of sp³-hybridized carbons (Fsp3) is 0.150. The van der Waals surface area contributed by atoms with Crippen molar-refractivity contribution in [3.05, 3.63) is 78.0 Å². The van der Waals surface area contributed by atoms with Gasteiger partial charge in [-0.25, -0.2) is 14.8 Å². The molecule has 28 heavy (non-hydrogen) atoms. The Morgan fingerprint density at radius 2 is 1.86 bits per heavy atom. The number of ether oxygens (including phenoxy) is 1. The van der Waals surface area contributed by atoms with E-state index in [0.717, 1.165) is 5.56 Å². The molecule has 8 heteroatoms. The summed E-state index contributed by atoms with van der Waals surface area (Å²) in [4.78, 5) is 36.5. The number of nitrogens with one attached hydrogen (secondary N) is 2. The number of esters is 1. The average Bonchev–Trinajstić information content (AvgIpc) is 2.73.